The number of aromatic nitrogens is 2. The highest BCUT2D eigenvalue weighted by molar-refractivity contribution is 9.10. The Hall–Kier alpha value is -2.10. The van der Waals surface area contributed by atoms with Crippen molar-refractivity contribution in [2.45, 2.75) is 12.6 Å². The van der Waals surface area contributed by atoms with Crippen LogP contribution in [-0.4, -0.2) is 29.2 Å². The maximum absolute atomic E-state index is 13.0. The molecule has 9 heteroatoms. The molecule has 2 aromatic heterocycles. The van der Waals surface area contributed by atoms with E-state index in [9.17, 15) is 8.78 Å². The first-order valence-electron chi connectivity index (χ1n) is 7.10. The van der Waals surface area contributed by atoms with Crippen LogP contribution >= 0.6 is 31.9 Å². The van der Waals surface area contributed by atoms with Crippen molar-refractivity contribution in [1.82, 2.24) is 9.97 Å². The average Bonchev–Trinajstić information content (AvgIpc) is 3.03. The first kappa shape index (κ1) is 19.2. The number of hydrogen-bond acceptors (Lipinski definition) is 5. The van der Waals surface area contributed by atoms with Crippen molar-refractivity contribution in [1.29, 1.82) is 10.5 Å². The molecular formula is C16H11Br2F2N5. The zero-order chi connectivity index (χ0) is 18.4. The van der Waals surface area contributed by atoms with Crippen LogP contribution in [0.5, 0.6) is 0 Å². The van der Waals surface area contributed by atoms with Gasteiger partial charge in [-0.15, -0.1) is 0 Å². The van der Waals surface area contributed by atoms with Gasteiger partial charge in [0.05, 0.1) is 12.1 Å². The zero-order valence-corrected chi connectivity index (χ0v) is 15.9. The molecule has 0 N–H and O–H groups in total. The van der Waals surface area contributed by atoms with Gasteiger partial charge in [0.25, 0.3) is 0 Å². The highest BCUT2D eigenvalue weighted by Crippen LogP contribution is 2.25. The second-order valence-corrected chi connectivity index (χ2v) is 6.90. The van der Waals surface area contributed by atoms with Crippen molar-refractivity contribution < 1.29 is 8.78 Å². The number of nitriles is 2. The SMILES string of the molecule is N#Cc1cc(Br)cnc1F.N#Cc1cc(Br)cnc1N1CC[C@H](F)C1. The Morgan fingerprint density at radius 3 is 2.20 bits per heavy atom. The minimum absolute atomic E-state index is 0.0469. The summed E-state index contributed by atoms with van der Waals surface area (Å²) in [4.78, 5) is 9.28. The lowest BCUT2D eigenvalue weighted by atomic mass is 10.2. The van der Waals surface area contributed by atoms with Crippen LogP contribution in [-0.2, 0) is 0 Å². The second kappa shape index (κ2) is 8.84. The molecule has 128 valence electrons. The van der Waals surface area contributed by atoms with Crippen molar-refractivity contribution >= 4 is 37.7 Å². The number of rotatable bonds is 1. The Bertz CT molecular complexity index is 847. The smallest absolute Gasteiger partial charge is 0.230 e. The molecule has 3 heterocycles. The summed E-state index contributed by atoms with van der Waals surface area (Å²) < 4.78 is 26.8. The molecule has 5 nitrogen and oxygen atoms in total. The molecule has 25 heavy (non-hydrogen) atoms. The minimum Gasteiger partial charge on any atom is -0.352 e. The van der Waals surface area contributed by atoms with Crippen LogP contribution in [0.2, 0.25) is 0 Å². The van der Waals surface area contributed by atoms with E-state index in [0.29, 0.717) is 35.4 Å². The molecule has 0 aromatic carbocycles. The van der Waals surface area contributed by atoms with Gasteiger partial charge in [-0.05, 0) is 50.4 Å². The molecule has 1 saturated heterocycles. The summed E-state index contributed by atoms with van der Waals surface area (Å²) in [5.74, 6) is -0.147. The molecule has 0 unspecified atom stereocenters. The lowest BCUT2D eigenvalue weighted by molar-refractivity contribution is 0.364. The van der Waals surface area contributed by atoms with E-state index in [4.69, 9.17) is 10.5 Å². The normalized spacial score (nSPS) is 15.8. The van der Waals surface area contributed by atoms with Gasteiger partial charge in [0.15, 0.2) is 0 Å². The molecule has 1 aliphatic rings. The topological polar surface area (TPSA) is 76.6 Å². The lowest BCUT2D eigenvalue weighted by Gasteiger charge is -2.17. The Balaban J connectivity index is 0.000000196. The summed E-state index contributed by atoms with van der Waals surface area (Å²) >= 11 is 6.31. The van der Waals surface area contributed by atoms with Crippen LogP contribution in [0.15, 0.2) is 33.5 Å². The van der Waals surface area contributed by atoms with Crippen LogP contribution in [0.25, 0.3) is 0 Å². The van der Waals surface area contributed by atoms with E-state index in [-0.39, 0.29) is 5.56 Å². The maximum atomic E-state index is 13.0. The van der Waals surface area contributed by atoms with E-state index in [2.05, 4.69) is 47.9 Å². The van der Waals surface area contributed by atoms with Gasteiger partial charge in [-0.3, -0.25) is 0 Å². The van der Waals surface area contributed by atoms with Crippen molar-refractivity contribution in [3.63, 3.8) is 0 Å². The first-order chi connectivity index (χ1) is 11.9. The van der Waals surface area contributed by atoms with Crippen molar-refractivity contribution in [3.8, 4) is 12.1 Å². The van der Waals surface area contributed by atoms with E-state index >= 15 is 0 Å². The van der Waals surface area contributed by atoms with E-state index in [1.807, 2.05) is 4.90 Å². The predicted molar refractivity (Wildman–Crippen MR) is 95.0 cm³/mol. The molecule has 0 radical (unpaired) electrons. The van der Waals surface area contributed by atoms with Crippen LogP contribution in [0.1, 0.15) is 17.5 Å². The molecule has 2 aromatic rings. The number of hydrogen-bond donors (Lipinski definition) is 0. The van der Waals surface area contributed by atoms with E-state index < -0.39 is 12.1 Å². The fourth-order valence-electron chi connectivity index (χ4n) is 2.18. The monoisotopic (exact) mass is 469 g/mol. The van der Waals surface area contributed by atoms with E-state index in [0.717, 1.165) is 4.47 Å². The average molecular weight is 471 g/mol. The third-order valence-corrected chi connectivity index (χ3v) is 4.18. The largest absolute Gasteiger partial charge is 0.352 e. The van der Waals surface area contributed by atoms with Crippen LogP contribution in [0.3, 0.4) is 0 Å². The highest BCUT2D eigenvalue weighted by Gasteiger charge is 2.24. The van der Waals surface area contributed by atoms with Gasteiger partial charge in [0.2, 0.25) is 5.95 Å². The quantitative estimate of drug-likeness (QED) is 0.586. The molecule has 0 aliphatic carbocycles. The molecular weight excluding hydrogens is 460 g/mol. The number of nitrogens with zero attached hydrogens (tertiary/aromatic N) is 5. The fourth-order valence-corrected chi connectivity index (χ4v) is 2.84. The molecule has 1 aliphatic heterocycles. The van der Waals surface area contributed by atoms with Crippen LogP contribution in [0, 0.1) is 28.6 Å². The maximum Gasteiger partial charge on any atom is 0.230 e. The highest BCUT2D eigenvalue weighted by atomic mass is 79.9. The summed E-state index contributed by atoms with van der Waals surface area (Å²) in [5, 5.41) is 17.2. The molecule has 0 spiro atoms. The third kappa shape index (κ3) is 5.18. The molecule has 1 atom stereocenters. The fraction of sp³-hybridized carbons (Fsp3) is 0.250. The van der Waals surface area contributed by atoms with Gasteiger partial charge in [0.1, 0.15) is 29.7 Å². The van der Waals surface area contributed by atoms with E-state index in [1.165, 1.54) is 12.3 Å². The lowest BCUT2D eigenvalue weighted by Crippen LogP contribution is -2.22. The summed E-state index contributed by atoms with van der Waals surface area (Å²) in [6.07, 6.45) is 2.64. The molecule has 3 rings (SSSR count). The zero-order valence-electron chi connectivity index (χ0n) is 12.8. The van der Waals surface area contributed by atoms with Crippen LogP contribution < -0.4 is 4.90 Å². The minimum atomic E-state index is -0.804. The Morgan fingerprint density at radius 2 is 1.68 bits per heavy atom. The van der Waals surface area contributed by atoms with Crippen LogP contribution in [0.4, 0.5) is 14.6 Å². The first-order valence-corrected chi connectivity index (χ1v) is 8.69. The number of pyridine rings is 2. The molecule has 0 amide bonds. The molecule has 1 fully saturated rings. The summed E-state index contributed by atoms with van der Waals surface area (Å²) in [6.45, 7) is 0.966. The van der Waals surface area contributed by atoms with E-state index in [1.54, 1.807) is 18.3 Å². The molecule has 0 bridgehead atoms. The standard InChI is InChI=1S/C10H9BrFN3.C6H2BrFN2/c11-8-3-7(4-13)10(14-5-8)15-2-1-9(12)6-15;7-5-1-4(2-9)6(8)10-3-5/h3,5,9H,1-2,6H2;1,3H/t9-;/m0./s1. The molecule has 0 saturated carbocycles. The van der Waals surface area contributed by atoms with Gasteiger partial charge in [-0.25, -0.2) is 14.4 Å². The third-order valence-electron chi connectivity index (χ3n) is 3.31. The Morgan fingerprint density at radius 1 is 1.08 bits per heavy atom. The number of halogens is 4. The van der Waals surface area contributed by atoms with Gasteiger partial charge in [-0.1, -0.05) is 0 Å². The number of alkyl halides is 1. The Kier molecular flexibility index (Phi) is 6.80. The summed E-state index contributed by atoms with van der Waals surface area (Å²) in [7, 11) is 0. The van der Waals surface area contributed by atoms with Gasteiger partial charge in [-0.2, -0.15) is 14.9 Å². The van der Waals surface area contributed by atoms with Gasteiger partial charge >= 0.3 is 0 Å². The summed E-state index contributed by atoms with van der Waals surface area (Å²) in [5.41, 5.74) is 0.438. The van der Waals surface area contributed by atoms with Gasteiger partial charge < -0.3 is 4.90 Å². The number of anilines is 1. The summed E-state index contributed by atoms with van der Waals surface area (Å²) in [6, 6.07) is 6.82. The van der Waals surface area contributed by atoms with Crippen molar-refractivity contribution in [3.05, 3.63) is 50.5 Å². The van der Waals surface area contributed by atoms with Crippen molar-refractivity contribution in [2.75, 3.05) is 18.0 Å². The van der Waals surface area contributed by atoms with Gasteiger partial charge in [0, 0.05) is 27.9 Å². The van der Waals surface area contributed by atoms with Crippen molar-refractivity contribution in [2.24, 2.45) is 0 Å². The predicted octanol–water partition coefficient (Wildman–Crippen LogP) is 4.12. The Labute approximate surface area is 160 Å². The second-order valence-electron chi connectivity index (χ2n) is 5.07.